The lowest BCUT2D eigenvalue weighted by molar-refractivity contribution is 0.796. The van der Waals surface area contributed by atoms with Crippen molar-refractivity contribution in [2.24, 2.45) is 0 Å². The second-order valence-corrected chi connectivity index (χ2v) is 4.88. The van der Waals surface area contributed by atoms with Crippen LogP contribution >= 0.6 is 15.9 Å². The number of aryl methyl sites for hydroxylation is 1. The molecule has 2 aromatic rings. The smallest absolute Gasteiger partial charge is 0.224 e. The summed E-state index contributed by atoms with van der Waals surface area (Å²) in [6, 6.07) is 0. The minimum atomic E-state index is 0.582. The Hall–Kier alpha value is -1.43. The Labute approximate surface area is 115 Å². The molecule has 2 heterocycles. The molecule has 5 nitrogen and oxygen atoms in total. The van der Waals surface area contributed by atoms with E-state index in [2.05, 4.69) is 50.2 Å². The second-order valence-electron chi connectivity index (χ2n) is 4.03. The van der Waals surface area contributed by atoms with Gasteiger partial charge in [0.05, 0.1) is 10.2 Å². The van der Waals surface area contributed by atoms with Gasteiger partial charge in [-0.2, -0.15) is 10.1 Å². The molecule has 0 bridgehead atoms. The van der Waals surface area contributed by atoms with Crippen LogP contribution in [-0.2, 0) is 6.42 Å². The highest BCUT2D eigenvalue weighted by Gasteiger charge is 2.15. The molecule has 0 aromatic carbocycles. The maximum absolute atomic E-state index is 4.56. The number of aromatic nitrogens is 4. The molecular weight excluding hydrogens is 294 g/mol. The molecule has 0 fully saturated rings. The largest absolute Gasteiger partial charge is 0.357 e. The van der Waals surface area contributed by atoms with Crippen LogP contribution in [0.1, 0.15) is 23.9 Å². The fourth-order valence-corrected chi connectivity index (χ4v) is 2.38. The van der Waals surface area contributed by atoms with Gasteiger partial charge in [0.15, 0.2) is 5.82 Å². The average Bonchev–Trinajstić information content (AvgIpc) is 2.65. The number of halogens is 1. The van der Waals surface area contributed by atoms with E-state index in [1.165, 1.54) is 5.56 Å². The van der Waals surface area contributed by atoms with E-state index < -0.39 is 0 Å². The van der Waals surface area contributed by atoms with Gasteiger partial charge in [-0.1, -0.05) is 6.92 Å². The summed E-state index contributed by atoms with van der Waals surface area (Å²) in [4.78, 5) is 8.59. The first-order valence-corrected chi connectivity index (χ1v) is 6.63. The van der Waals surface area contributed by atoms with Gasteiger partial charge in [0.1, 0.15) is 0 Å². The van der Waals surface area contributed by atoms with Crippen LogP contribution in [0.2, 0.25) is 0 Å². The molecule has 0 saturated heterocycles. The molecule has 0 saturated carbocycles. The highest BCUT2D eigenvalue weighted by molar-refractivity contribution is 9.10. The first-order chi connectivity index (χ1) is 8.58. The highest BCUT2D eigenvalue weighted by atomic mass is 79.9. The summed E-state index contributed by atoms with van der Waals surface area (Å²) in [7, 11) is 1.80. The zero-order valence-electron chi connectivity index (χ0n) is 11.0. The summed E-state index contributed by atoms with van der Waals surface area (Å²) >= 11 is 3.47. The Morgan fingerprint density at radius 2 is 2.11 bits per heavy atom. The number of anilines is 1. The van der Waals surface area contributed by atoms with E-state index in [1.807, 2.05) is 11.6 Å². The van der Waals surface area contributed by atoms with Gasteiger partial charge in [-0.3, -0.25) is 0 Å². The minimum absolute atomic E-state index is 0.582. The summed E-state index contributed by atoms with van der Waals surface area (Å²) in [5.74, 6) is 1.34. The molecule has 0 atom stereocenters. The van der Waals surface area contributed by atoms with E-state index in [9.17, 15) is 0 Å². The fourth-order valence-electron chi connectivity index (χ4n) is 2.02. The lowest BCUT2D eigenvalue weighted by Gasteiger charge is -2.07. The number of nitrogens with zero attached hydrogens (tertiary/aromatic N) is 4. The average molecular weight is 310 g/mol. The van der Waals surface area contributed by atoms with Crippen LogP contribution in [0.3, 0.4) is 0 Å². The molecule has 0 unspecified atom stereocenters. The molecule has 0 aliphatic rings. The van der Waals surface area contributed by atoms with Gasteiger partial charge in [0.25, 0.3) is 0 Å². The molecule has 0 spiro atoms. The lowest BCUT2D eigenvalue weighted by Crippen LogP contribution is -2.07. The minimum Gasteiger partial charge on any atom is -0.357 e. The fraction of sp³-hybridized carbons (Fsp3) is 0.417. The van der Waals surface area contributed by atoms with Gasteiger partial charge in [-0.25, -0.2) is 9.67 Å². The Morgan fingerprint density at radius 1 is 1.39 bits per heavy atom. The molecule has 2 rings (SSSR count). The van der Waals surface area contributed by atoms with Crippen molar-refractivity contribution in [3.05, 3.63) is 27.6 Å². The van der Waals surface area contributed by atoms with E-state index >= 15 is 0 Å². The topological polar surface area (TPSA) is 55.6 Å². The summed E-state index contributed by atoms with van der Waals surface area (Å²) in [6.45, 7) is 6.22. The van der Waals surface area contributed by atoms with Crippen molar-refractivity contribution in [2.75, 3.05) is 12.4 Å². The Kier molecular flexibility index (Phi) is 3.65. The summed E-state index contributed by atoms with van der Waals surface area (Å²) in [5.41, 5.74) is 3.44. The van der Waals surface area contributed by atoms with E-state index in [0.717, 1.165) is 28.1 Å². The van der Waals surface area contributed by atoms with Crippen molar-refractivity contribution < 1.29 is 0 Å². The van der Waals surface area contributed by atoms with Crippen molar-refractivity contribution in [1.29, 1.82) is 0 Å². The first kappa shape index (κ1) is 13.0. The second kappa shape index (κ2) is 5.06. The Bertz CT molecular complexity index is 576. The van der Waals surface area contributed by atoms with Crippen LogP contribution in [0.15, 0.2) is 10.7 Å². The SMILES string of the molecule is CCc1c(C)nn(-c2nc(NC)ncc2Br)c1C. The summed E-state index contributed by atoms with van der Waals surface area (Å²) in [5, 5.41) is 7.49. The van der Waals surface area contributed by atoms with Gasteiger partial charge in [-0.15, -0.1) is 0 Å². The summed E-state index contributed by atoms with van der Waals surface area (Å²) in [6.07, 6.45) is 2.70. The molecule has 1 N–H and O–H groups in total. The van der Waals surface area contributed by atoms with Gasteiger partial charge in [0.2, 0.25) is 5.95 Å². The predicted octanol–water partition coefficient (Wildman–Crippen LogP) is 2.65. The van der Waals surface area contributed by atoms with Crippen LogP contribution in [0, 0.1) is 13.8 Å². The highest BCUT2D eigenvalue weighted by Crippen LogP contribution is 2.23. The first-order valence-electron chi connectivity index (χ1n) is 5.84. The third-order valence-corrected chi connectivity index (χ3v) is 3.50. The Balaban J connectivity index is 2.61. The third kappa shape index (κ3) is 2.12. The number of rotatable bonds is 3. The number of hydrogen-bond acceptors (Lipinski definition) is 4. The standard InChI is InChI=1S/C12H16BrN5/c1-5-9-7(2)17-18(8(9)3)11-10(13)6-15-12(14-4)16-11/h6H,5H2,1-4H3,(H,14,15,16). The third-order valence-electron chi connectivity index (χ3n) is 2.94. The van der Waals surface area contributed by atoms with E-state index in [-0.39, 0.29) is 0 Å². The van der Waals surface area contributed by atoms with Crippen LogP contribution in [-0.4, -0.2) is 26.8 Å². The lowest BCUT2D eigenvalue weighted by atomic mass is 10.1. The van der Waals surface area contributed by atoms with Crippen molar-refractivity contribution in [1.82, 2.24) is 19.7 Å². The molecule has 0 aliphatic heterocycles. The number of nitrogens with one attached hydrogen (secondary N) is 1. The zero-order chi connectivity index (χ0) is 13.3. The molecule has 0 radical (unpaired) electrons. The summed E-state index contributed by atoms with van der Waals surface area (Å²) < 4.78 is 2.69. The Morgan fingerprint density at radius 3 is 2.67 bits per heavy atom. The van der Waals surface area contributed by atoms with E-state index in [1.54, 1.807) is 13.2 Å². The quantitative estimate of drug-likeness (QED) is 0.947. The van der Waals surface area contributed by atoms with Gasteiger partial charge >= 0.3 is 0 Å². The zero-order valence-corrected chi connectivity index (χ0v) is 12.5. The van der Waals surface area contributed by atoms with Crippen molar-refractivity contribution in [3.8, 4) is 5.82 Å². The van der Waals surface area contributed by atoms with Crippen molar-refractivity contribution in [3.63, 3.8) is 0 Å². The maximum Gasteiger partial charge on any atom is 0.224 e. The molecule has 6 heteroatoms. The van der Waals surface area contributed by atoms with E-state index in [4.69, 9.17) is 0 Å². The van der Waals surface area contributed by atoms with Crippen LogP contribution < -0.4 is 5.32 Å². The van der Waals surface area contributed by atoms with Crippen LogP contribution in [0.5, 0.6) is 0 Å². The van der Waals surface area contributed by atoms with Gasteiger partial charge < -0.3 is 5.32 Å². The van der Waals surface area contributed by atoms with Gasteiger partial charge in [-0.05, 0) is 41.8 Å². The van der Waals surface area contributed by atoms with Crippen molar-refractivity contribution >= 4 is 21.9 Å². The molecular formula is C12H16BrN5. The van der Waals surface area contributed by atoms with Crippen molar-refractivity contribution in [2.45, 2.75) is 27.2 Å². The predicted molar refractivity (Wildman–Crippen MR) is 75.3 cm³/mol. The monoisotopic (exact) mass is 309 g/mol. The van der Waals surface area contributed by atoms with E-state index in [0.29, 0.717) is 5.95 Å². The molecule has 2 aromatic heterocycles. The number of hydrogen-bond donors (Lipinski definition) is 1. The maximum atomic E-state index is 4.56. The van der Waals surface area contributed by atoms with Gasteiger partial charge in [0, 0.05) is 18.9 Å². The molecule has 18 heavy (non-hydrogen) atoms. The van der Waals surface area contributed by atoms with Crippen LogP contribution in [0.4, 0.5) is 5.95 Å². The normalized spacial score (nSPS) is 10.7. The van der Waals surface area contributed by atoms with Crippen LogP contribution in [0.25, 0.3) is 5.82 Å². The molecule has 0 aliphatic carbocycles. The molecule has 96 valence electrons. The molecule has 0 amide bonds.